The highest BCUT2D eigenvalue weighted by Gasteiger charge is 2.08. The van der Waals surface area contributed by atoms with Crippen LogP contribution in [0.4, 0.5) is 0 Å². The summed E-state index contributed by atoms with van der Waals surface area (Å²) in [5, 5.41) is 3.44. The molecule has 2 aromatic rings. The molecule has 1 N–H and O–H groups in total. The molecule has 0 bridgehead atoms. The van der Waals surface area contributed by atoms with Crippen molar-refractivity contribution < 1.29 is 4.74 Å². The Labute approximate surface area is 128 Å². The van der Waals surface area contributed by atoms with Crippen molar-refractivity contribution in [3.63, 3.8) is 0 Å². The summed E-state index contributed by atoms with van der Waals surface area (Å²) in [4.78, 5) is 0. The van der Waals surface area contributed by atoms with E-state index in [2.05, 4.69) is 48.6 Å². The number of ether oxygens (including phenoxy) is 1. The van der Waals surface area contributed by atoms with E-state index in [9.17, 15) is 0 Å². The van der Waals surface area contributed by atoms with Crippen LogP contribution in [0.3, 0.4) is 0 Å². The molecule has 1 atom stereocenters. The molecule has 0 aliphatic rings. The molecule has 0 saturated heterocycles. The first-order valence-corrected chi connectivity index (χ1v) is 7.57. The number of rotatable bonds is 7. The van der Waals surface area contributed by atoms with Crippen molar-refractivity contribution in [2.75, 3.05) is 14.2 Å². The van der Waals surface area contributed by atoms with Gasteiger partial charge < -0.3 is 10.1 Å². The topological polar surface area (TPSA) is 21.3 Å². The van der Waals surface area contributed by atoms with Crippen molar-refractivity contribution in [3.8, 4) is 5.75 Å². The second kappa shape index (κ2) is 7.84. The highest BCUT2D eigenvalue weighted by Crippen LogP contribution is 2.15. The molecule has 2 aromatic carbocycles. The van der Waals surface area contributed by atoms with Crippen LogP contribution in [0.25, 0.3) is 0 Å². The van der Waals surface area contributed by atoms with Gasteiger partial charge in [0, 0.05) is 6.04 Å². The minimum atomic E-state index is 0.498. The normalized spacial score (nSPS) is 12.1. The fraction of sp³-hybridized carbons (Fsp3) is 0.368. The van der Waals surface area contributed by atoms with E-state index in [1.165, 1.54) is 16.7 Å². The molecule has 0 spiro atoms. The van der Waals surface area contributed by atoms with E-state index in [-0.39, 0.29) is 0 Å². The maximum absolute atomic E-state index is 5.20. The molecule has 0 fully saturated rings. The second-order valence-electron chi connectivity index (χ2n) is 5.50. The van der Waals surface area contributed by atoms with E-state index in [1.807, 2.05) is 19.2 Å². The van der Waals surface area contributed by atoms with Gasteiger partial charge in [-0.25, -0.2) is 0 Å². The monoisotopic (exact) mass is 283 g/mol. The van der Waals surface area contributed by atoms with E-state index in [1.54, 1.807) is 7.11 Å². The molecule has 0 aliphatic heterocycles. The summed E-state index contributed by atoms with van der Waals surface area (Å²) in [6.07, 6.45) is 3.31. The SMILES string of the molecule is CNC(CCc1ccccc1C)Cc1ccc(OC)cc1. The van der Waals surface area contributed by atoms with Crippen molar-refractivity contribution in [2.24, 2.45) is 0 Å². The molecule has 1 unspecified atom stereocenters. The molecule has 112 valence electrons. The van der Waals surface area contributed by atoms with Gasteiger partial charge in [-0.15, -0.1) is 0 Å². The lowest BCUT2D eigenvalue weighted by Gasteiger charge is -2.17. The van der Waals surface area contributed by atoms with Crippen LogP contribution in [-0.4, -0.2) is 20.2 Å². The van der Waals surface area contributed by atoms with E-state index in [0.717, 1.165) is 25.0 Å². The zero-order valence-electron chi connectivity index (χ0n) is 13.2. The average Bonchev–Trinajstić information content (AvgIpc) is 2.53. The van der Waals surface area contributed by atoms with Gasteiger partial charge in [-0.3, -0.25) is 0 Å². The molecule has 0 radical (unpaired) electrons. The van der Waals surface area contributed by atoms with Crippen LogP contribution in [0, 0.1) is 6.92 Å². The highest BCUT2D eigenvalue weighted by molar-refractivity contribution is 5.28. The van der Waals surface area contributed by atoms with Gasteiger partial charge >= 0.3 is 0 Å². The average molecular weight is 283 g/mol. The Balaban J connectivity index is 1.92. The third-order valence-corrected chi connectivity index (χ3v) is 4.07. The lowest BCUT2D eigenvalue weighted by molar-refractivity contribution is 0.414. The quantitative estimate of drug-likeness (QED) is 0.835. The zero-order valence-corrected chi connectivity index (χ0v) is 13.2. The summed E-state index contributed by atoms with van der Waals surface area (Å²) < 4.78 is 5.20. The molecule has 2 rings (SSSR count). The summed E-state index contributed by atoms with van der Waals surface area (Å²) in [6, 6.07) is 17.5. The first-order valence-electron chi connectivity index (χ1n) is 7.57. The van der Waals surface area contributed by atoms with Crippen molar-refractivity contribution in [2.45, 2.75) is 32.2 Å². The van der Waals surface area contributed by atoms with Gasteiger partial charge in [-0.1, -0.05) is 36.4 Å². The number of likely N-dealkylation sites (N-methyl/N-ethyl adjacent to an activating group) is 1. The van der Waals surface area contributed by atoms with Crippen molar-refractivity contribution in [3.05, 3.63) is 65.2 Å². The van der Waals surface area contributed by atoms with Crippen molar-refractivity contribution >= 4 is 0 Å². The highest BCUT2D eigenvalue weighted by atomic mass is 16.5. The first-order chi connectivity index (χ1) is 10.2. The number of benzene rings is 2. The number of hydrogen-bond acceptors (Lipinski definition) is 2. The third-order valence-electron chi connectivity index (χ3n) is 4.07. The van der Waals surface area contributed by atoms with Crippen molar-refractivity contribution in [1.29, 1.82) is 0 Å². The lowest BCUT2D eigenvalue weighted by Crippen LogP contribution is -2.28. The van der Waals surface area contributed by atoms with E-state index >= 15 is 0 Å². The fourth-order valence-electron chi connectivity index (χ4n) is 2.61. The van der Waals surface area contributed by atoms with Crippen LogP contribution in [-0.2, 0) is 12.8 Å². The number of aryl methyl sites for hydroxylation is 2. The predicted molar refractivity (Wildman–Crippen MR) is 89.0 cm³/mol. The molecule has 21 heavy (non-hydrogen) atoms. The smallest absolute Gasteiger partial charge is 0.118 e. The first kappa shape index (κ1) is 15.6. The summed E-state index contributed by atoms with van der Waals surface area (Å²) in [5.74, 6) is 0.916. The summed E-state index contributed by atoms with van der Waals surface area (Å²) >= 11 is 0. The molecular formula is C19H25NO. The predicted octanol–water partition coefficient (Wildman–Crippen LogP) is 3.77. The Morgan fingerprint density at radius 2 is 1.76 bits per heavy atom. The van der Waals surface area contributed by atoms with Gasteiger partial charge in [0.25, 0.3) is 0 Å². The third kappa shape index (κ3) is 4.61. The second-order valence-corrected chi connectivity index (χ2v) is 5.50. The van der Waals surface area contributed by atoms with Crippen LogP contribution in [0.15, 0.2) is 48.5 Å². The fourth-order valence-corrected chi connectivity index (χ4v) is 2.61. The van der Waals surface area contributed by atoms with Gasteiger partial charge in [0.15, 0.2) is 0 Å². The van der Waals surface area contributed by atoms with E-state index in [4.69, 9.17) is 4.74 Å². The number of methoxy groups -OCH3 is 1. The molecule has 2 nitrogen and oxygen atoms in total. The standard InChI is InChI=1S/C19H25NO/c1-15-6-4-5-7-17(15)10-11-18(20-2)14-16-8-12-19(21-3)13-9-16/h4-9,12-13,18,20H,10-11,14H2,1-3H3. The van der Waals surface area contributed by atoms with Gasteiger partial charge in [-0.05, 0) is 62.1 Å². The maximum Gasteiger partial charge on any atom is 0.118 e. The number of hydrogen-bond donors (Lipinski definition) is 1. The van der Waals surface area contributed by atoms with E-state index in [0.29, 0.717) is 6.04 Å². The summed E-state index contributed by atoms with van der Waals surface area (Å²) in [6.45, 7) is 2.19. The summed E-state index contributed by atoms with van der Waals surface area (Å²) in [7, 11) is 3.75. The maximum atomic E-state index is 5.20. The molecule has 0 heterocycles. The Morgan fingerprint density at radius 1 is 1.05 bits per heavy atom. The van der Waals surface area contributed by atoms with Gasteiger partial charge in [0.1, 0.15) is 5.75 Å². The van der Waals surface area contributed by atoms with Gasteiger partial charge in [0.2, 0.25) is 0 Å². The number of nitrogens with one attached hydrogen (secondary N) is 1. The Morgan fingerprint density at radius 3 is 2.38 bits per heavy atom. The molecule has 2 heteroatoms. The van der Waals surface area contributed by atoms with Crippen LogP contribution in [0.1, 0.15) is 23.1 Å². The molecule has 0 aliphatic carbocycles. The van der Waals surface area contributed by atoms with Crippen LogP contribution < -0.4 is 10.1 Å². The van der Waals surface area contributed by atoms with Crippen molar-refractivity contribution in [1.82, 2.24) is 5.32 Å². The van der Waals surface area contributed by atoms with Crippen LogP contribution in [0.2, 0.25) is 0 Å². The lowest BCUT2D eigenvalue weighted by atomic mass is 9.97. The Hall–Kier alpha value is -1.80. The van der Waals surface area contributed by atoms with E-state index < -0.39 is 0 Å². The summed E-state index contributed by atoms with van der Waals surface area (Å²) in [5.41, 5.74) is 4.18. The molecule has 0 saturated carbocycles. The van der Waals surface area contributed by atoms with Crippen LogP contribution in [0.5, 0.6) is 5.75 Å². The molecule has 0 aromatic heterocycles. The zero-order chi connectivity index (χ0) is 15.1. The Bertz CT molecular complexity index is 548. The van der Waals surface area contributed by atoms with Gasteiger partial charge in [0.05, 0.1) is 7.11 Å². The minimum Gasteiger partial charge on any atom is -0.497 e. The largest absolute Gasteiger partial charge is 0.497 e. The Kier molecular flexibility index (Phi) is 5.82. The molecule has 0 amide bonds. The minimum absolute atomic E-state index is 0.498. The molecular weight excluding hydrogens is 258 g/mol. The van der Waals surface area contributed by atoms with Crippen LogP contribution >= 0.6 is 0 Å². The van der Waals surface area contributed by atoms with Gasteiger partial charge in [-0.2, -0.15) is 0 Å².